The van der Waals surface area contributed by atoms with Crippen molar-refractivity contribution in [2.24, 2.45) is 5.73 Å². The number of nitrogens with two attached hydrogens (primary N) is 1. The summed E-state index contributed by atoms with van der Waals surface area (Å²) in [5, 5.41) is 10.7. The largest absolute Gasteiger partial charge is 0.369 e. The summed E-state index contributed by atoms with van der Waals surface area (Å²) >= 11 is 1.32. The Bertz CT molecular complexity index is 883. The first-order valence-corrected chi connectivity index (χ1v) is 8.45. The van der Waals surface area contributed by atoms with Crippen LogP contribution >= 0.6 is 11.8 Å². The molecule has 0 saturated carbocycles. The van der Waals surface area contributed by atoms with E-state index in [2.05, 4.69) is 10.2 Å². The van der Waals surface area contributed by atoms with Gasteiger partial charge in [-0.1, -0.05) is 43.0 Å². The van der Waals surface area contributed by atoms with E-state index in [0.29, 0.717) is 17.1 Å². The third kappa shape index (κ3) is 3.23. The van der Waals surface area contributed by atoms with Crippen molar-refractivity contribution < 1.29 is 9.18 Å². The van der Waals surface area contributed by atoms with E-state index < -0.39 is 0 Å². The summed E-state index contributed by atoms with van der Waals surface area (Å²) < 4.78 is 13.2. The van der Waals surface area contributed by atoms with Gasteiger partial charge in [-0.15, -0.1) is 10.2 Å². The Morgan fingerprint density at radius 1 is 1.12 bits per heavy atom. The lowest BCUT2D eigenvalue weighted by Crippen LogP contribution is -2.25. The molecule has 0 saturated heterocycles. The van der Waals surface area contributed by atoms with Crippen molar-refractivity contribution >= 4 is 28.4 Å². The molecule has 1 amide bonds. The molecule has 24 heavy (non-hydrogen) atoms. The molecule has 1 aromatic heterocycles. The van der Waals surface area contributed by atoms with Crippen molar-refractivity contribution in [3.8, 4) is 11.3 Å². The molecule has 3 aromatic rings. The van der Waals surface area contributed by atoms with Gasteiger partial charge in [0.1, 0.15) is 16.5 Å². The van der Waals surface area contributed by atoms with Crippen molar-refractivity contribution in [2.45, 2.75) is 23.6 Å². The van der Waals surface area contributed by atoms with Gasteiger partial charge in [0.05, 0.1) is 5.25 Å². The van der Waals surface area contributed by atoms with Crippen LogP contribution in [-0.2, 0) is 4.79 Å². The molecule has 1 heterocycles. The van der Waals surface area contributed by atoms with E-state index >= 15 is 0 Å². The van der Waals surface area contributed by atoms with E-state index in [4.69, 9.17) is 5.73 Å². The van der Waals surface area contributed by atoms with Crippen molar-refractivity contribution in [3.05, 3.63) is 54.3 Å². The van der Waals surface area contributed by atoms with Gasteiger partial charge in [-0.3, -0.25) is 4.79 Å². The molecule has 0 fully saturated rings. The standard InChI is InChI=1S/C18H16FN3OS/c1-2-15(17(20)23)24-18-14-6-4-3-5-13(14)16(21-22-18)11-7-9-12(19)10-8-11/h3-10,15H,2H2,1H3,(H2,20,23)/t15-/m1/s1. The Balaban J connectivity index is 2.10. The van der Waals surface area contributed by atoms with Gasteiger partial charge in [0.25, 0.3) is 0 Å². The van der Waals surface area contributed by atoms with Crippen LogP contribution in [-0.4, -0.2) is 21.4 Å². The van der Waals surface area contributed by atoms with Crippen LogP contribution in [0.5, 0.6) is 0 Å². The zero-order valence-electron chi connectivity index (χ0n) is 13.1. The first kappa shape index (κ1) is 16.4. The maximum absolute atomic E-state index is 13.2. The molecule has 0 spiro atoms. The molecule has 0 aliphatic carbocycles. The van der Waals surface area contributed by atoms with Gasteiger partial charge in [-0.25, -0.2) is 4.39 Å². The second kappa shape index (κ2) is 6.97. The highest BCUT2D eigenvalue weighted by molar-refractivity contribution is 8.00. The molecule has 4 nitrogen and oxygen atoms in total. The number of benzene rings is 2. The number of hydrogen-bond acceptors (Lipinski definition) is 4. The Kier molecular flexibility index (Phi) is 4.76. The maximum Gasteiger partial charge on any atom is 0.230 e. The number of halogens is 1. The van der Waals surface area contributed by atoms with Crippen LogP contribution in [0.3, 0.4) is 0 Å². The van der Waals surface area contributed by atoms with Crippen LogP contribution in [0.1, 0.15) is 13.3 Å². The predicted octanol–water partition coefficient (Wildman–Crippen LogP) is 3.79. The summed E-state index contributed by atoms with van der Waals surface area (Å²) in [4.78, 5) is 11.5. The average molecular weight is 341 g/mol. The van der Waals surface area contributed by atoms with Gasteiger partial charge >= 0.3 is 0 Å². The van der Waals surface area contributed by atoms with Crippen molar-refractivity contribution in [1.82, 2.24) is 10.2 Å². The lowest BCUT2D eigenvalue weighted by atomic mass is 10.1. The van der Waals surface area contributed by atoms with Crippen LogP contribution in [0, 0.1) is 5.82 Å². The number of rotatable bonds is 5. The van der Waals surface area contributed by atoms with E-state index in [1.165, 1.54) is 23.9 Å². The third-order valence-corrected chi connectivity index (χ3v) is 5.09. The molecule has 0 aliphatic rings. The number of carbonyl (C=O) groups is 1. The maximum atomic E-state index is 13.2. The molecule has 3 rings (SSSR count). The summed E-state index contributed by atoms with van der Waals surface area (Å²) in [5.74, 6) is -0.661. The number of hydrogen-bond donors (Lipinski definition) is 1. The minimum atomic E-state index is -0.365. The number of aromatic nitrogens is 2. The number of carbonyl (C=O) groups excluding carboxylic acids is 1. The highest BCUT2D eigenvalue weighted by atomic mass is 32.2. The molecule has 2 N–H and O–H groups in total. The minimum absolute atomic E-state index is 0.296. The van der Waals surface area contributed by atoms with E-state index in [-0.39, 0.29) is 17.0 Å². The monoisotopic (exact) mass is 341 g/mol. The van der Waals surface area contributed by atoms with Gasteiger partial charge in [-0.05, 0) is 30.7 Å². The second-order valence-corrected chi connectivity index (χ2v) is 6.51. The molecular weight excluding hydrogens is 325 g/mol. The topological polar surface area (TPSA) is 68.9 Å². The molecular formula is C18H16FN3OS. The van der Waals surface area contributed by atoms with Gasteiger partial charge < -0.3 is 5.73 Å². The van der Waals surface area contributed by atoms with Crippen LogP contribution in [0.4, 0.5) is 4.39 Å². The number of thioether (sulfide) groups is 1. The minimum Gasteiger partial charge on any atom is -0.369 e. The summed E-state index contributed by atoms with van der Waals surface area (Å²) in [7, 11) is 0. The van der Waals surface area contributed by atoms with Gasteiger partial charge in [0.2, 0.25) is 5.91 Å². The molecule has 122 valence electrons. The fraction of sp³-hybridized carbons (Fsp3) is 0.167. The molecule has 0 bridgehead atoms. The third-order valence-electron chi connectivity index (χ3n) is 3.71. The molecule has 1 atom stereocenters. The normalized spacial score (nSPS) is 12.2. The Labute approximate surface area is 143 Å². The SMILES string of the molecule is CC[C@@H](Sc1nnc(-c2ccc(F)cc2)c2ccccc12)C(N)=O. The number of fused-ring (bicyclic) bond motifs is 1. The first-order valence-electron chi connectivity index (χ1n) is 7.57. The van der Waals surface area contributed by atoms with E-state index in [0.717, 1.165) is 16.3 Å². The zero-order valence-corrected chi connectivity index (χ0v) is 13.9. The second-order valence-electron chi connectivity index (χ2n) is 5.32. The molecule has 0 unspecified atom stereocenters. The number of nitrogens with zero attached hydrogens (tertiary/aromatic N) is 2. The zero-order chi connectivity index (χ0) is 17.1. The Morgan fingerprint density at radius 2 is 1.79 bits per heavy atom. The van der Waals surface area contributed by atoms with E-state index in [1.54, 1.807) is 12.1 Å². The van der Waals surface area contributed by atoms with Gasteiger partial charge in [0, 0.05) is 16.3 Å². The summed E-state index contributed by atoms with van der Waals surface area (Å²) in [6, 6.07) is 13.9. The molecule has 0 aliphatic heterocycles. The first-order chi connectivity index (χ1) is 11.6. The van der Waals surface area contributed by atoms with Crippen molar-refractivity contribution in [3.63, 3.8) is 0 Å². The molecule has 6 heteroatoms. The van der Waals surface area contributed by atoms with Crippen molar-refractivity contribution in [1.29, 1.82) is 0 Å². The van der Waals surface area contributed by atoms with Crippen LogP contribution in [0.2, 0.25) is 0 Å². The van der Waals surface area contributed by atoms with Crippen LogP contribution in [0.15, 0.2) is 53.6 Å². The van der Waals surface area contributed by atoms with Gasteiger partial charge in [-0.2, -0.15) is 0 Å². The van der Waals surface area contributed by atoms with Gasteiger partial charge in [0.15, 0.2) is 0 Å². The smallest absolute Gasteiger partial charge is 0.230 e. The van der Waals surface area contributed by atoms with E-state index in [1.807, 2.05) is 31.2 Å². The molecule has 0 radical (unpaired) electrons. The van der Waals surface area contributed by atoms with Crippen LogP contribution in [0.25, 0.3) is 22.0 Å². The van der Waals surface area contributed by atoms with E-state index in [9.17, 15) is 9.18 Å². The Hall–Kier alpha value is -2.47. The number of amides is 1. The van der Waals surface area contributed by atoms with Crippen LogP contribution < -0.4 is 5.73 Å². The fourth-order valence-corrected chi connectivity index (χ4v) is 3.41. The highest BCUT2D eigenvalue weighted by Crippen LogP contribution is 2.34. The Morgan fingerprint density at radius 3 is 2.42 bits per heavy atom. The average Bonchev–Trinajstić information content (AvgIpc) is 2.60. The van der Waals surface area contributed by atoms with Crippen molar-refractivity contribution in [2.75, 3.05) is 0 Å². The summed E-state index contributed by atoms with van der Waals surface area (Å²) in [5.41, 5.74) is 6.90. The summed E-state index contributed by atoms with van der Waals surface area (Å²) in [6.07, 6.45) is 0.621. The number of primary amides is 1. The lowest BCUT2D eigenvalue weighted by Gasteiger charge is -2.13. The molecule has 2 aromatic carbocycles. The fourth-order valence-electron chi connectivity index (χ4n) is 2.46. The lowest BCUT2D eigenvalue weighted by molar-refractivity contribution is -0.117. The quantitative estimate of drug-likeness (QED) is 0.717. The highest BCUT2D eigenvalue weighted by Gasteiger charge is 2.18. The predicted molar refractivity (Wildman–Crippen MR) is 94.1 cm³/mol. The summed E-state index contributed by atoms with van der Waals surface area (Å²) in [6.45, 7) is 1.91.